The van der Waals surface area contributed by atoms with Crippen molar-refractivity contribution < 1.29 is 9.84 Å². The Morgan fingerprint density at radius 2 is 1.76 bits per heavy atom. The third-order valence-corrected chi connectivity index (χ3v) is 6.32. The van der Waals surface area contributed by atoms with Crippen molar-refractivity contribution in [3.8, 4) is 5.75 Å². The SMILES string of the molecule is N=C(/C(COc1ccc(C2CNC2)c(Cl)c1)=C(\O)C1CC1)c1c(Cl)cccc1Cl. The van der Waals surface area contributed by atoms with E-state index in [0.29, 0.717) is 37.9 Å². The third kappa shape index (κ3) is 4.41. The molecular formula is C22H21Cl3N2O2. The van der Waals surface area contributed by atoms with Crippen LogP contribution in [0.25, 0.3) is 0 Å². The standard InChI is InChI=1S/C22H21Cl3N2O2/c23-17-2-1-3-18(24)20(17)21(26)16(22(28)12-4-5-12)11-29-14-6-7-15(19(25)8-14)13-9-27-10-13/h1-3,6-8,12-13,26-28H,4-5,9-11H2/b22-16-,26-21?. The monoisotopic (exact) mass is 450 g/mol. The molecule has 0 spiro atoms. The van der Waals surface area contributed by atoms with E-state index in [4.69, 9.17) is 44.9 Å². The Bertz CT molecular complexity index is 962. The summed E-state index contributed by atoms with van der Waals surface area (Å²) >= 11 is 19.0. The average Bonchev–Trinajstić information content (AvgIpc) is 3.47. The number of allylic oxidation sites excluding steroid dienone is 1. The maximum absolute atomic E-state index is 10.7. The van der Waals surface area contributed by atoms with Crippen molar-refractivity contribution in [3.05, 3.63) is 73.9 Å². The highest BCUT2D eigenvalue weighted by molar-refractivity contribution is 6.41. The molecule has 2 aromatic rings. The summed E-state index contributed by atoms with van der Waals surface area (Å²) in [6.07, 6.45) is 1.80. The number of ether oxygens (including phenoxy) is 1. The Labute approximate surface area is 184 Å². The van der Waals surface area contributed by atoms with E-state index >= 15 is 0 Å². The van der Waals surface area contributed by atoms with E-state index < -0.39 is 0 Å². The molecule has 2 aliphatic rings. The molecule has 7 heteroatoms. The zero-order valence-corrected chi connectivity index (χ0v) is 17.9. The number of aliphatic hydroxyl groups excluding tert-OH is 1. The summed E-state index contributed by atoms with van der Waals surface area (Å²) in [5.74, 6) is 1.26. The number of rotatable bonds is 7. The molecule has 3 N–H and O–H groups in total. The molecule has 0 unspecified atom stereocenters. The first-order valence-corrected chi connectivity index (χ1v) is 10.7. The lowest BCUT2D eigenvalue weighted by atomic mass is 9.94. The molecular weight excluding hydrogens is 431 g/mol. The summed E-state index contributed by atoms with van der Waals surface area (Å²) in [7, 11) is 0. The van der Waals surface area contributed by atoms with Crippen LogP contribution in [0.5, 0.6) is 5.75 Å². The van der Waals surface area contributed by atoms with Crippen LogP contribution in [0, 0.1) is 11.3 Å². The second-order valence-corrected chi connectivity index (χ2v) is 8.66. The van der Waals surface area contributed by atoms with Crippen LogP contribution in [-0.2, 0) is 0 Å². The van der Waals surface area contributed by atoms with Crippen LogP contribution >= 0.6 is 34.8 Å². The molecule has 0 radical (unpaired) electrons. The minimum Gasteiger partial charge on any atom is -0.512 e. The van der Waals surface area contributed by atoms with Gasteiger partial charge in [-0.15, -0.1) is 0 Å². The Hall–Kier alpha value is -1.72. The minimum atomic E-state index is 0.0311. The van der Waals surface area contributed by atoms with Gasteiger partial charge in [0.05, 0.1) is 21.3 Å². The number of nitrogens with one attached hydrogen (secondary N) is 2. The van der Waals surface area contributed by atoms with Gasteiger partial charge in [0.1, 0.15) is 18.1 Å². The molecule has 29 heavy (non-hydrogen) atoms. The lowest BCUT2D eigenvalue weighted by Crippen LogP contribution is -2.39. The van der Waals surface area contributed by atoms with Crippen LogP contribution in [0.4, 0.5) is 0 Å². The molecule has 152 valence electrons. The van der Waals surface area contributed by atoms with Gasteiger partial charge in [0.15, 0.2) is 0 Å². The molecule has 1 heterocycles. The second kappa shape index (κ2) is 8.57. The van der Waals surface area contributed by atoms with Crippen molar-refractivity contribution in [3.63, 3.8) is 0 Å². The molecule has 2 aromatic carbocycles. The van der Waals surface area contributed by atoms with Gasteiger partial charge in [-0.1, -0.05) is 46.9 Å². The lowest BCUT2D eigenvalue weighted by Gasteiger charge is -2.28. The van der Waals surface area contributed by atoms with Gasteiger partial charge in [-0.05, 0) is 42.7 Å². The van der Waals surface area contributed by atoms with Crippen LogP contribution in [0.1, 0.15) is 29.9 Å². The zero-order chi connectivity index (χ0) is 20.5. The number of benzene rings is 2. The van der Waals surface area contributed by atoms with Gasteiger partial charge in [0.2, 0.25) is 0 Å². The van der Waals surface area contributed by atoms with Crippen LogP contribution < -0.4 is 10.1 Å². The molecule has 1 saturated carbocycles. The topological polar surface area (TPSA) is 65.3 Å². The van der Waals surface area contributed by atoms with Crippen LogP contribution in [0.15, 0.2) is 47.7 Å². The van der Waals surface area contributed by atoms with E-state index in [1.807, 2.05) is 12.1 Å². The molecule has 0 aromatic heterocycles. The van der Waals surface area contributed by atoms with E-state index in [1.54, 1.807) is 24.3 Å². The van der Waals surface area contributed by atoms with Gasteiger partial charge < -0.3 is 15.2 Å². The van der Waals surface area contributed by atoms with Crippen molar-refractivity contribution in [2.24, 2.45) is 5.92 Å². The first kappa shape index (κ1) is 20.5. The van der Waals surface area contributed by atoms with Crippen molar-refractivity contribution in [2.75, 3.05) is 19.7 Å². The molecule has 0 bridgehead atoms. The predicted molar refractivity (Wildman–Crippen MR) is 118 cm³/mol. The Morgan fingerprint density at radius 3 is 2.31 bits per heavy atom. The van der Waals surface area contributed by atoms with Gasteiger partial charge in [-0.2, -0.15) is 0 Å². The first-order chi connectivity index (χ1) is 14.0. The minimum absolute atomic E-state index is 0.0311. The molecule has 2 fully saturated rings. The van der Waals surface area contributed by atoms with E-state index in [0.717, 1.165) is 31.5 Å². The van der Waals surface area contributed by atoms with Gasteiger partial charge in [0, 0.05) is 35.5 Å². The number of hydrogen-bond donors (Lipinski definition) is 3. The molecule has 4 nitrogen and oxygen atoms in total. The van der Waals surface area contributed by atoms with Crippen LogP contribution in [0.3, 0.4) is 0 Å². The molecule has 1 aliphatic carbocycles. The summed E-state index contributed by atoms with van der Waals surface area (Å²) in [4.78, 5) is 0. The van der Waals surface area contributed by atoms with Gasteiger partial charge in [0.25, 0.3) is 0 Å². The third-order valence-electron chi connectivity index (χ3n) is 5.36. The lowest BCUT2D eigenvalue weighted by molar-refractivity contribution is 0.328. The molecule has 1 aliphatic heterocycles. The Kier molecular flexibility index (Phi) is 6.07. The van der Waals surface area contributed by atoms with Crippen molar-refractivity contribution in [2.45, 2.75) is 18.8 Å². The van der Waals surface area contributed by atoms with E-state index in [-0.39, 0.29) is 24.0 Å². The zero-order valence-electron chi connectivity index (χ0n) is 15.6. The number of aliphatic hydroxyl groups is 1. The normalized spacial score (nSPS) is 17.5. The fourth-order valence-corrected chi connectivity index (χ4v) is 4.27. The van der Waals surface area contributed by atoms with Gasteiger partial charge >= 0.3 is 0 Å². The molecule has 0 atom stereocenters. The Morgan fingerprint density at radius 1 is 1.07 bits per heavy atom. The maximum atomic E-state index is 10.7. The summed E-state index contributed by atoms with van der Waals surface area (Å²) in [5, 5.41) is 24.0. The second-order valence-electron chi connectivity index (χ2n) is 7.44. The van der Waals surface area contributed by atoms with Crippen molar-refractivity contribution >= 4 is 40.5 Å². The summed E-state index contributed by atoms with van der Waals surface area (Å²) in [6.45, 7) is 1.89. The van der Waals surface area contributed by atoms with Gasteiger partial charge in [-0.3, -0.25) is 5.41 Å². The highest BCUT2D eigenvalue weighted by Crippen LogP contribution is 2.38. The largest absolute Gasteiger partial charge is 0.512 e. The summed E-state index contributed by atoms with van der Waals surface area (Å²) < 4.78 is 5.91. The van der Waals surface area contributed by atoms with E-state index in [9.17, 15) is 5.11 Å². The molecule has 0 amide bonds. The fraction of sp³-hybridized carbons (Fsp3) is 0.318. The van der Waals surface area contributed by atoms with E-state index in [1.165, 1.54) is 0 Å². The fourth-order valence-electron chi connectivity index (χ4n) is 3.36. The summed E-state index contributed by atoms with van der Waals surface area (Å²) in [5.41, 5.74) is 1.97. The van der Waals surface area contributed by atoms with Crippen LogP contribution in [0.2, 0.25) is 15.1 Å². The predicted octanol–water partition coefficient (Wildman–Crippen LogP) is 6.00. The molecule has 4 rings (SSSR count). The molecule has 1 saturated heterocycles. The smallest absolute Gasteiger partial charge is 0.121 e. The maximum Gasteiger partial charge on any atom is 0.121 e. The highest BCUT2D eigenvalue weighted by Gasteiger charge is 2.31. The highest BCUT2D eigenvalue weighted by atomic mass is 35.5. The van der Waals surface area contributed by atoms with Gasteiger partial charge in [-0.25, -0.2) is 0 Å². The van der Waals surface area contributed by atoms with Crippen molar-refractivity contribution in [1.29, 1.82) is 5.41 Å². The Balaban J connectivity index is 1.57. The van der Waals surface area contributed by atoms with Crippen LogP contribution in [-0.4, -0.2) is 30.5 Å². The number of halogens is 3. The quantitative estimate of drug-likeness (QED) is 0.357. The van der Waals surface area contributed by atoms with E-state index in [2.05, 4.69) is 5.32 Å². The number of hydrogen-bond acceptors (Lipinski definition) is 4. The average molecular weight is 452 g/mol. The summed E-state index contributed by atoms with van der Waals surface area (Å²) in [6, 6.07) is 10.7. The first-order valence-electron chi connectivity index (χ1n) is 9.54. The van der Waals surface area contributed by atoms with Crippen molar-refractivity contribution in [1.82, 2.24) is 5.32 Å².